The molecule has 0 N–H and O–H groups in total. The Balaban J connectivity index is 0.932. The number of ketones is 4. The van der Waals surface area contributed by atoms with Gasteiger partial charge >= 0.3 is 0 Å². The van der Waals surface area contributed by atoms with E-state index < -0.39 is 5.60 Å². The molecule has 5 nitrogen and oxygen atoms in total. The van der Waals surface area contributed by atoms with E-state index in [1.54, 1.807) is 57.5 Å². The van der Waals surface area contributed by atoms with Crippen molar-refractivity contribution in [3.8, 4) is 15.5 Å². The summed E-state index contributed by atoms with van der Waals surface area (Å²) in [5.74, 6) is 0.0376. The molecule has 1 spiro atoms. The van der Waals surface area contributed by atoms with E-state index in [-0.39, 0.29) is 34.3 Å². The molecular formula is C46H26O5S4. The molecular weight excluding hydrogens is 761 g/mol. The SMILES string of the molecule is O=C1C(=Cc2cc3sc4c(c3s2)OC2(CCCCC2)c2c-4sc3cc(C=C4C(=O)c5cc6ccccc6cc5C4=O)sc23)C(=O)c2cc3ccccc3cc21. The molecule has 55 heavy (non-hydrogen) atoms. The van der Waals surface area contributed by atoms with Crippen LogP contribution in [0.1, 0.15) is 88.9 Å². The average molecular weight is 787 g/mol. The minimum Gasteiger partial charge on any atom is -0.479 e. The number of fused-ring (bicyclic) bond motifs is 12. The summed E-state index contributed by atoms with van der Waals surface area (Å²) in [4.78, 5) is 58.4. The van der Waals surface area contributed by atoms with Crippen LogP contribution >= 0.6 is 45.3 Å². The maximum absolute atomic E-state index is 13.6. The molecule has 1 fully saturated rings. The fraction of sp³-hybridized carbons (Fsp3) is 0.130. The summed E-state index contributed by atoms with van der Waals surface area (Å²) < 4.78 is 11.7. The van der Waals surface area contributed by atoms with E-state index in [4.69, 9.17) is 4.74 Å². The third-order valence-electron chi connectivity index (χ3n) is 11.6. The number of hydrogen-bond donors (Lipinski definition) is 0. The lowest BCUT2D eigenvalue weighted by atomic mass is 9.78. The summed E-state index contributed by atoms with van der Waals surface area (Å²) in [6.07, 6.45) is 8.68. The van der Waals surface area contributed by atoms with Crippen molar-refractivity contribution in [1.82, 2.24) is 0 Å². The van der Waals surface area contributed by atoms with Crippen molar-refractivity contribution in [2.24, 2.45) is 0 Å². The van der Waals surface area contributed by atoms with Gasteiger partial charge in [0.25, 0.3) is 0 Å². The smallest absolute Gasteiger partial charge is 0.197 e. The van der Waals surface area contributed by atoms with Gasteiger partial charge < -0.3 is 4.74 Å². The van der Waals surface area contributed by atoms with E-state index in [1.807, 2.05) is 72.8 Å². The van der Waals surface area contributed by atoms with Gasteiger partial charge in [-0.1, -0.05) is 55.0 Å². The van der Waals surface area contributed by atoms with Crippen LogP contribution in [0.5, 0.6) is 5.75 Å². The predicted octanol–water partition coefficient (Wildman–Crippen LogP) is 12.7. The molecule has 0 bridgehead atoms. The number of ether oxygens (including phenoxy) is 1. The van der Waals surface area contributed by atoms with Gasteiger partial charge in [-0.25, -0.2) is 0 Å². The van der Waals surface area contributed by atoms with E-state index in [0.29, 0.717) is 22.3 Å². The second-order valence-corrected chi connectivity index (χ2v) is 19.1. The van der Waals surface area contributed by atoms with E-state index in [0.717, 1.165) is 88.1 Å². The molecule has 9 heteroatoms. The zero-order chi connectivity index (χ0) is 36.7. The normalized spacial score (nSPS) is 17.1. The summed E-state index contributed by atoms with van der Waals surface area (Å²) in [5.41, 5.74) is 3.10. The summed E-state index contributed by atoms with van der Waals surface area (Å²) in [6.45, 7) is 0. The first-order valence-electron chi connectivity index (χ1n) is 18.3. The number of rotatable bonds is 2. The van der Waals surface area contributed by atoms with Crippen molar-refractivity contribution in [2.45, 2.75) is 37.7 Å². The van der Waals surface area contributed by atoms with Crippen LogP contribution in [0.3, 0.4) is 0 Å². The number of benzene rings is 4. The molecule has 3 aliphatic carbocycles. The summed E-state index contributed by atoms with van der Waals surface area (Å²) >= 11 is 6.69. The highest BCUT2D eigenvalue weighted by molar-refractivity contribution is 7.35. The molecule has 264 valence electrons. The monoisotopic (exact) mass is 786 g/mol. The van der Waals surface area contributed by atoms with Crippen molar-refractivity contribution in [3.05, 3.63) is 134 Å². The van der Waals surface area contributed by atoms with Gasteiger partial charge in [0.15, 0.2) is 28.9 Å². The summed E-state index contributed by atoms with van der Waals surface area (Å²) in [7, 11) is 0. The molecule has 1 aliphatic heterocycles. The van der Waals surface area contributed by atoms with Crippen molar-refractivity contribution in [1.29, 1.82) is 0 Å². The van der Waals surface area contributed by atoms with Crippen LogP contribution in [0.15, 0.2) is 96.1 Å². The number of Topliss-reactive ketones (excluding diaryl/α,β-unsaturated/α-hetero) is 4. The molecule has 8 aromatic rings. The summed E-state index contributed by atoms with van der Waals surface area (Å²) in [6, 6.07) is 27.2. The number of thiophene rings is 4. The maximum Gasteiger partial charge on any atom is 0.197 e. The molecule has 0 atom stereocenters. The van der Waals surface area contributed by atoms with Gasteiger partial charge in [0, 0.05) is 42.3 Å². The fourth-order valence-electron chi connectivity index (χ4n) is 9.04. The van der Waals surface area contributed by atoms with Crippen molar-refractivity contribution in [2.75, 3.05) is 0 Å². The molecule has 0 radical (unpaired) electrons. The molecule has 1 saturated carbocycles. The predicted molar refractivity (Wildman–Crippen MR) is 225 cm³/mol. The van der Waals surface area contributed by atoms with Crippen molar-refractivity contribution < 1.29 is 23.9 Å². The molecule has 5 heterocycles. The number of carbonyl (C=O) groups is 4. The molecule has 4 aliphatic rings. The van der Waals surface area contributed by atoms with Gasteiger partial charge in [0.1, 0.15) is 5.60 Å². The molecule has 4 aromatic heterocycles. The average Bonchev–Trinajstić information content (AvgIpc) is 4.03. The largest absolute Gasteiger partial charge is 0.479 e. The lowest BCUT2D eigenvalue weighted by Gasteiger charge is -2.40. The zero-order valence-electron chi connectivity index (χ0n) is 28.9. The lowest BCUT2D eigenvalue weighted by molar-refractivity contribution is 0.0282. The van der Waals surface area contributed by atoms with Crippen LogP contribution in [-0.2, 0) is 5.60 Å². The number of allylic oxidation sites excluding steroid dienone is 2. The Hall–Kier alpha value is -5.32. The van der Waals surface area contributed by atoms with E-state index >= 15 is 0 Å². The first-order chi connectivity index (χ1) is 26.8. The Morgan fingerprint density at radius 2 is 0.945 bits per heavy atom. The van der Waals surface area contributed by atoms with Gasteiger partial charge in [0.05, 0.1) is 35.0 Å². The Labute approximate surface area is 329 Å². The maximum atomic E-state index is 13.6. The van der Waals surface area contributed by atoms with E-state index in [2.05, 4.69) is 12.1 Å². The molecule has 12 rings (SSSR count). The zero-order valence-corrected chi connectivity index (χ0v) is 32.2. The fourth-order valence-corrected chi connectivity index (χ4v) is 14.4. The quantitative estimate of drug-likeness (QED) is 0.129. The minimum absolute atomic E-state index is 0.211. The highest BCUT2D eigenvalue weighted by Gasteiger charge is 2.47. The van der Waals surface area contributed by atoms with Gasteiger partial charge in [-0.3, -0.25) is 19.2 Å². The van der Waals surface area contributed by atoms with Crippen LogP contribution in [0.25, 0.3) is 62.3 Å². The van der Waals surface area contributed by atoms with Crippen molar-refractivity contribution in [3.63, 3.8) is 0 Å². The van der Waals surface area contributed by atoms with Crippen LogP contribution < -0.4 is 4.74 Å². The second-order valence-electron chi connectivity index (χ2n) is 14.8. The molecule has 0 unspecified atom stereocenters. The Morgan fingerprint density at radius 1 is 0.509 bits per heavy atom. The van der Waals surface area contributed by atoms with Crippen LogP contribution in [0.4, 0.5) is 0 Å². The highest BCUT2D eigenvalue weighted by Crippen LogP contribution is 2.62. The second kappa shape index (κ2) is 11.4. The lowest BCUT2D eigenvalue weighted by Crippen LogP contribution is -2.37. The Kier molecular flexibility index (Phi) is 6.61. The highest BCUT2D eigenvalue weighted by atomic mass is 32.1. The Morgan fingerprint density at radius 3 is 1.44 bits per heavy atom. The van der Waals surface area contributed by atoms with Crippen molar-refractivity contribution >= 4 is 121 Å². The van der Waals surface area contributed by atoms with Gasteiger partial charge in [-0.05, 0) is 95.8 Å². The first kappa shape index (κ1) is 32.0. The third-order valence-corrected chi connectivity index (χ3v) is 16.5. The number of carbonyl (C=O) groups excluding carboxylic acids is 4. The minimum atomic E-state index is -0.471. The molecule has 0 amide bonds. The van der Waals surface area contributed by atoms with E-state index in [1.165, 1.54) is 15.1 Å². The Bertz CT molecular complexity index is 3080. The molecule has 4 aromatic carbocycles. The number of hydrogen-bond acceptors (Lipinski definition) is 9. The molecule has 0 saturated heterocycles. The standard InChI is InChI=1S/C46H26O5S4/c47-37-28-14-22-8-2-3-9-23(22)15-29(28)38(48)32(37)18-26-20-34-42(52-26)36-44(54-34)45-41(51-46(36)12-6-1-7-13-46)43-35(55-45)21-27(53-43)19-33-39(49)30-16-24-10-4-5-11-25(24)17-31(30)40(33)50/h2-5,8-11,14-21H,1,6-7,12-13H2. The van der Waals surface area contributed by atoms with Gasteiger partial charge in [0.2, 0.25) is 0 Å². The van der Waals surface area contributed by atoms with Crippen LogP contribution in [0, 0.1) is 0 Å². The first-order valence-corrected chi connectivity index (χ1v) is 21.6. The van der Waals surface area contributed by atoms with Gasteiger partial charge in [-0.2, -0.15) is 0 Å². The van der Waals surface area contributed by atoms with Gasteiger partial charge in [-0.15, -0.1) is 45.3 Å². The summed E-state index contributed by atoms with van der Waals surface area (Å²) in [5, 5.41) is 3.79. The van der Waals surface area contributed by atoms with Crippen LogP contribution in [-0.4, -0.2) is 23.1 Å². The topological polar surface area (TPSA) is 77.5 Å². The third kappa shape index (κ3) is 4.49. The van der Waals surface area contributed by atoms with Crippen LogP contribution in [0.2, 0.25) is 0 Å². The van der Waals surface area contributed by atoms with E-state index in [9.17, 15) is 19.2 Å².